The minimum Gasteiger partial charge on any atom is -0.374 e. The average molecular weight is 580 g/mol. The number of fused-ring (bicyclic) bond motifs is 1. The molecule has 0 saturated heterocycles. The quantitative estimate of drug-likeness (QED) is 0.278. The molecule has 8 nitrogen and oxygen atoms in total. The Labute approximate surface area is 244 Å². The van der Waals surface area contributed by atoms with Crippen LogP contribution in [0.1, 0.15) is 39.2 Å². The van der Waals surface area contributed by atoms with Crippen molar-refractivity contribution in [3.63, 3.8) is 0 Å². The number of aryl methyl sites for hydroxylation is 2. The van der Waals surface area contributed by atoms with Gasteiger partial charge in [-0.1, -0.05) is 42.5 Å². The number of pyridine rings is 2. The van der Waals surface area contributed by atoms with E-state index in [0.29, 0.717) is 45.4 Å². The summed E-state index contributed by atoms with van der Waals surface area (Å²) in [6.45, 7) is 0. The molecule has 0 fully saturated rings. The van der Waals surface area contributed by atoms with E-state index < -0.39 is 17.5 Å². The number of alkyl halides is 3. The van der Waals surface area contributed by atoms with Crippen LogP contribution in [0, 0.1) is 11.3 Å². The molecule has 11 heteroatoms. The Hall–Kier alpha value is -5.34. The zero-order chi connectivity index (χ0) is 30.4. The molecule has 6 aromatic rings. The van der Waals surface area contributed by atoms with E-state index in [1.165, 1.54) is 18.6 Å². The van der Waals surface area contributed by atoms with Crippen molar-refractivity contribution in [3.05, 3.63) is 131 Å². The Morgan fingerprint density at radius 2 is 1.72 bits per heavy atom. The first kappa shape index (κ1) is 27.8. The van der Waals surface area contributed by atoms with Gasteiger partial charge in [0.25, 0.3) is 0 Å². The second-order valence-electron chi connectivity index (χ2n) is 10.3. The average Bonchev–Trinajstić information content (AvgIpc) is 3.64. The minimum atomic E-state index is -4.64. The molecule has 0 aliphatic heterocycles. The van der Waals surface area contributed by atoms with Crippen LogP contribution in [0.2, 0.25) is 0 Å². The SMILES string of the molecule is Cn1cc(-c2nc3ccc(C(O)(c4ccc(C(F)(F)F)nc4)c4cncn4C)cc3c(C#N)c2Cc2ccccc2)cn1. The monoisotopic (exact) mass is 579 g/mol. The molecular weight excluding hydrogens is 555 g/mol. The molecule has 2 aromatic carbocycles. The molecule has 0 bridgehead atoms. The predicted molar refractivity (Wildman–Crippen MR) is 152 cm³/mol. The molecule has 0 spiro atoms. The number of aliphatic hydroxyl groups is 1. The van der Waals surface area contributed by atoms with Crippen LogP contribution in [0.25, 0.3) is 22.2 Å². The second kappa shape index (κ2) is 10.5. The summed E-state index contributed by atoms with van der Waals surface area (Å²) in [5.41, 5.74) is 1.58. The van der Waals surface area contributed by atoms with Crippen LogP contribution >= 0.6 is 0 Å². The third kappa shape index (κ3) is 4.91. The maximum absolute atomic E-state index is 13.3. The molecule has 0 radical (unpaired) electrons. The van der Waals surface area contributed by atoms with Crippen molar-refractivity contribution in [1.29, 1.82) is 5.26 Å². The number of aromatic nitrogens is 6. The summed E-state index contributed by atoms with van der Waals surface area (Å²) in [5.74, 6) is 0. The summed E-state index contributed by atoms with van der Waals surface area (Å²) in [6, 6.07) is 19.1. The molecule has 1 atom stereocenters. The van der Waals surface area contributed by atoms with Gasteiger partial charge in [-0.2, -0.15) is 23.5 Å². The number of hydrogen-bond acceptors (Lipinski definition) is 6. The van der Waals surface area contributed by atoms with Gasteiger partial charge in [0.15, 0.2) is 5.60 Å². The van der Waals surface area contributed by atoms with Gasteiger partial charge in [0.05, 0.1) is 41.2 Å². The van der Waals surface area contributed by atoms with E-state index in [2.05, 4.69) is 21.1 Å². The Morgan fingerprint density at radius 1 is 0.953 bits per heavy atom. The summed E-state index contributed by atoms with van der Waals surface area (Å²) in [4.78, 5) is 12.7. The zero-order valence-electron chi connectivity index (χ0n) is 23.1. The number of rotatable bonds is 6. The molecule has 0 amide bonds. The molecule has 0 aliphatic rings. The topological polar surface area (TPSA) is 105 Å². The Morgan fingerprint density at radius 3 is 2.33 bits per heavy atom. The van der Waals surface area contributed by atoms with E-state index >= 15 is 0 Å². The first-order chi connectivity index (χ1) is 20.6. The smallest absolute Gasteiger partial charge is 0.374 e. The summed E-state index contributed by atoms with van der Waals surface area (Å²) in [5, 5.41) is 27.7. The molecule has 0 aliphatic carbocycles. The van der Waals surface area contributed by atoms with Crippen molar-refractivity contribution in [3.8, 4) is 17.3 Å². The van der Waals surface area contributed by atoms with Gasteiger partial charge in [-0.05, 0) is 29.3 Å². The van der Waals surface area contributed by atoms with Crippen molar-refractivity contribution in [2.45, 2.75) is 18.2 Å². The van der Waals surface area contributed by atoms with E-state index in [0.717, 1.165) is 23.4 Å². The summed E-state index contributed by atoms with van der Waals surface area (Å²) in [7, 11) is 3.47. The van der Waals surface area contributed by atoms with Gasteiger partial charge in [-0.15, -0.1) is 0 Å². The highest BCUT2D eigenvalue weighted by Crippen LogP contribution is 2.40. The first-order valence-electron chi connectivity index (χ1n) is 13.2. The van der Waals surface area contributed by atoms with Crippen LogP contribution in [0.4, 0.5) is 13.2 Å². The molecule has 1 N–H and O–H groups in total. The third-order valence-electron chi connectivity index (χ3n) is 7.48. The zero-order valence-corrected chi connectivity index (χ0v) is 23.1. The van der Waals surface area contributed by atoms with Crippen LogP contribution in [-0.4, -0.2) is 34.4 Å². The number of nitrogens with zero attached hydrogens (tertiary/aromatic N) is 7. The van der Waals surface area contributed by atoms with Crippen molar-refractivity contribution < 1.29 is 18.3 Å². The number of imidazole rings is 1. The summed E-state index contributed by atoms with van der Waals surface area (Å²) in [6.07, 6.45) is 3.23. The van der Waals surface area contributed by atoms with Crippen LogP contribution in [-0.2, 0) is 32.3 Å². The van der Waals surface area contributed by atoms with E-state index in [-0.39, 0.29) is 5.56 Å². The Kier molecular flexibility index (Phi) is 6.79. The van der Waals surface area contributed by atoms with Gasteiger partial charge in [-0.3, -0.25) is 9.67 Å². The number of hydrogen-bond donors (Lipinski definition) is 1. The molecule has 43 heavy (non-hydrogen) atoms. The van der Waals surface area contributed by atoms with E-state index in [1.54, 1.807) is 47.7 Å². The largest absolute Gasteiger partial charge is 0.433 e. The number of halogens is 3. The van der Waals surface area contributed by atoms with Gasteiger partial charge in [0.2, 0.25) is 0 Å². The number of nitriles is 1. The lowest BCUT2D eigenvalue weighted by Crippen LogP contribution is -2.31. The fourth-order valence-electron chi connectivity index (χ4n) is 5.35. The molecule has 1 unspecified atom stereocenters. The highest BCUT2D eigenvalue weighted by molar-refractivity contribution is 5.90. The van der Waals surface area contributed by atoms with Crippen LogP contribution in [0.15, 0.2) is 91.8 Å². The minimum absolute atomic E-state index is 0.103. The standard InChI is InChI=1S/C32H24F3N7O/c1-41-19-37-17-29(41)31(43,23-9-11-28(38-16-23)32(33,34)35)22-8-10-27-24(13-22)26(14-36)25(12-20-6-4-3-5-7-20)30(40-27)21-15-39-42(2)18-21/h3-11,13,15-19,43H,12H2,1-2H3. The maximum Gasteiger partial charge on any atom is 0.433 e. The van der Waals surface area contributed by atoms with Gasteiger partial charge >= 0.3 is 6.18 Å². The Bertz CT molecular complexity index is 1990. The summed E-state index contributed by atoms with van der Waals surface area (Å²) < 4.78 is 43.2. The molecular formula is C32H24F3N7O. The third-order valence-corrected chi connectivity index (χ3v) is 7.48. The lowest BCUT2D eigenvalue weighted by Gasteiger charge is -2.30. The van der Waals surface area contributed by atoms with Crippen LogP contribution in [0.5, 0.6) is 0 Å². The molecule has 0 saturated carbocycles. The van der Waals surface area contributed by atoms with Gasteiger partial charge in [-0.25, -0.2) is 9.97 Å². The highest BCUT2D eigenvalue weighted by atomic mass is 19.4. The van der Waals surface area contributed by atoms with Crippen molar-refractivity contribution >= 4 is 10.9 Å². The normalized spacial score (nSPS) is 13.1. The van der Waals surface area contributed by atoms with Crippen LogP contribution in [0.3, 0.4) is 0 Å². The van der Waals surface area contributed by atoms with E-state index in [1.807, 2.05) is 36.5 Å². The first-order valence-corrected chi connectivity index (χ1v) is 13.2. The van der Waals surface area contributed by atoms with Crippen molar-refractivity contribution in [2.75, 3.05) is 0 Å². The lowest BCUT2D eigenvalue weighted by atomic mass is 9.83. The van der Waals surface area contributed by atoms with Gasteiger partial charge in [0, 0.05) is 55.0 Å². The van der Waals surface area contributed by atoms with Crippen molar-refractivity contribution in [1.82, 2.24) is 29.3 Å². The highest BCUT2D eigenvalue weighted by Gasteiger charge is 2.39. The fraction of sp³-hybridized carbons (Fsp3) is 0.156. The van der Waals surface area contributed by atoms with E-state index in [9.17, 15) is 23.5 Å². The van der Waals surface area contributed by atoms with Gasteiger partial charge < -0.3 is 9.67 Å². The predicted octanol–water partition coefficient (Wildman–Crippen LogP) is 5.53. The molecule has 6 rings (SSSR count). The molecule has 4 aromatic heterocycles. The summed E-state index contributed by atoms with van der Waals surface area (Å²) >= 11 is 0. The molecule has 214 valence electrons. The van der Waals surface area contributed by atoms with Crippen LogP contribution < -0.4 is 0 Å². The molecule has 4 heterocycles. The van der Waals surface area contributed by atoms with E-state index in [4.69, 9.17) is 4.98 Å². The van der Waals surface area contributed by atoms with Crippen molar-refractivity contribution in [2.24, 2.45) is 14.1 Å². The lowest BCUT2D eigenvalue weighted by molar-refractivity contribution is -0.141. The fourth-order valence-corrected chi connectivity index (χ4v) is 5.35. The number of benzene rings is 2. The second-order valence-corrected chi connectivity index (χ2v) is 10.3. The van der Waals surface area contributed by atoms with Gasteiger partial charge in [0.1, 0.15) is 11.8 Å². The maximum atomic E-state index is 13.3. The Balaban J connectivity index is 1.60.